The Balaban J connectivity index is 1.99. The number of aromatic nitrogens is 3. The highest BCUT2D eigenvalue weighted by Crippen LogP contribution is 2.33. The SMILES string of the molecule is Cc1nc(N)nc(N)c1-c1ccc(C(C)(C)c2ccc(Cl)cn2)cc1. The molecule has 0 saturated carbocycles. The number of nitrogens with zero attached hydrogens (tertiary/aromatic N) is 3. The Bertz CT molecular complexity index is 879. The van der Waals surface area contributed by atoms with Crippen LogP contribution in [0.1, 0.15) is 30.8 Å². The molecule has 3 aromatic rings. The Morgan fingerprint density at radius 3 is 2.20 bits per heavy atom. The molecule has 0 atom stereocenters. The quantitative estimate of drug-likeness (QED) is 0.742. The summed E-state index contributed by atoms with van der Waals surface area (Å²) in [6.07, 6.45) is 1.67. The van der Waals surface area contributed by atoms with E-state index in [2.05, 4.69) is 40.9 Å². The Labute approximate surface area is 152 Å². The van der Waals surface area contributed by atoms with Crippen molar-refractivity contribution in [2.45, 2.75) is 26.2 Å². The number of anilines is 2. The minimum Gasteiger partial charge on any atom is -0.383 e. The van der Waals surface area contributed by atoms with Crippen molar-refractivity contribution in [3.8, 4) is 11.1 Å². The van der Waals surface area contributed by atoms with Gasteiger partial charge in [-0.3, -0.25) is 4.98 Å². The van der Waals surface area contributed by atoms with E-state index in [-0.39, 0.29) is 11.4 Å². The largest absolute Gasteiger partial charge is 0.383 e. The second kappa shape index (κ2) is 6.33. The minimum atomic E-state index is -0.249. The first-order valence-electron chi connectivity index (χ1n) is 7.91. The molecule has 0 unspecified atom stereocenters. The molecule has 0 aliphatic carbocycles. The summed E-state index contributed by atoms with van der Waals surface area (Å²) in [5, 5.41) is 0.629. The molecule has 25 heavy (non-hydrogen) atoms. The van der Waals surface area contributed by atoms with Crippen LogP contribution in [-0.2, 0) is 5.41 Å². The summed E-state index contributed by atoms with van der Waals surface area (Å²) in [5.41, 5.74) is 16.0. The van der Waals surface area contributed by atoms with Gasteiger partial charge in [0, 0.05) is 17.2 Å². The molecule has 2 aromatic heterocycles. The van der Waals surface area contributed by atoms with Crippen molar-refractivity contribution in [3.05, 3.63) is 64.6 Å². The van der Waals surface area contributed by atoms with Crippen molar-refractivity contribution in [1.82, 2.24) is 15.0 Å². The summed E-state index contributed by atoms with van der Waals surface area (Å²) in [6, 6.07) is 12.0. The Morgan fingerprint density at radius 1 is 0.960 bits per heavy atom. The lowest BCUT2D eigenvalue weighted by molar-refractivity contribution is 0.617. The van der Waals surface area contributed by atoms with Gasteiger partial charge in [-0.05, 0) is 30.2 Å². The number of nitrogens with two attached hydrogens (primary N) is 2. The van der Waals surface area contributed by atoms with Crippen LogP contribution in [0, 0.1) is 6.92 Å². The number of aryl methyl sites for hydroxylation is 1. The Morgan fingerprint density at radius 2 is 1.64 bits per heavy atom. The van der Waals surface area contributed by atoms with Crippen LogP contribution < -0.4 is 11.5 Å². The van der Waals surface area contributed by atoms with Crippen molar-refractivity contribution < 1.29 is 0 Å². The zero-order valence-electron chi connectivity index (χ0n) is 14.4. The minimum absolute atomic E-state index is 0.185. The van der Waals surface area contributed by atoms with E-state index in [1.807, 2.05) is 31.2 Å². The number of hydrogen-bond acceptors (Lipinski definition) is 5. The fourth-order valence-electron chi connectivity index (χ4n) is 2.92. The lowest BCUT2D eigenvalue weighted by atomic mass is 9.80. The molecule has 2 heterocycles. The molecule has 0 spiro atoms. The number of pyridine rings is 1. The average molecular weight is 354 g/mol. The lowest BCUT2D eigenvalue weighted by Crippen LogP contribution is -2.20. The highest BCUT2D eigenvalue weighted by atomic mass is 35.5. The predicted molar refractivity (Wildman–Crippen MR) is 102 cm³/mol. The van der Waals surface area contributed by atoms with Crippen LogP contribution in [0.3, 0.4) is 0 Å². The molecule has 128 valence electrons. The van der Waals surface area contributed by atoms with Crippen LogP contribution in [0.15, 0.2) is 42.6 Å². The van der Waals surface area contributed by atoms with Crippen LogP contribution in [-0.4, -0.2) is 15.0 Å². The molecule has 4 N–H and O–H groups in total. The number of hydrogen-bond donors (Lipinski definition) is 2. The monoisotopic (exact) mass is 353 g/mol. The third-order valence-electron chi connectivity index (χ3n) is 4.40. The van der Waals surface area contributed by atoms with E-state index in [0.717, 1.165) is 28.1 Å². The van der Waals surface area contributed by atoms with Gasteiger partial charge in [0.05, 0.1) is 16.4 Å². The molecule has 3 rings (SSSR count). The van der Waals surface area contributed by atoms with Crippen LogP contribution >= 0.6 is 11.6 Å². The molecule has 0 amide bonds. The first-order chi connectivity index (χ1) is 11.8. The van der Waals surface area contributed by atoms with Gasteiger partial charge in [-0.2, -0.15) is 4.98 Å². The fraction of sp³-hybridized carbons (Fsp3) is 0.211. The molecule has 0 bridgehead atoms. The molecular formula is C19H20ClN5. The van der Waals surface area contributed by atoms with Gasteiger partial charge in [-0.25, -0.2) is 4.98 Å². The highest BCUT2D eigenvalue weighted by Gasteiger charge is 2.24. The summed E-state index contributed by atoms with van der Waals surface area (Å²) >= 11 is 5.94. The Kier molecular flexibility index (Phi) is 4.35. The van der Waals surface area contributed by atoms with Crippen molar-refractivity contribution in [2.75, 3.05) is 11.5 Å². The van der Waals surface area contributed by atoms with Gasteiger partial charge in [-0.15, -0.1) is 0 Å². The maximum atomic E-state index is 6.03. The van der Waals surface area contributed by atoms with Crippen LogP contribution in [0.4, 0.5) is 11.8 Å². The van der Waals surface area contributed by atoms with Crippen molar-refractivity contribution in [1.29, 1.82) is 0 Å². The number of benzene rings is 1. The standard InChI is InChI=1S/C19H20ClN5/c1-11-16(17(21)25-18(22)24-11)12-4-6-13(7-5-12)19(2,3)15-9-8-14(20)10-23-15/h4-10H,1-3H3,(H4,21,22,24,25). The lowest BCUT2D eigenvalue weighted by Gasteiger charge is -2.25. The molecule has 0 fully saturated rings. The maximum Gasteiger partial charge on any atom is 0.222 e. The van der Waals surface area contributed by atoms with Crippen LogP contribution in [0.25, 0.3) is 11.1 Å². The van der Waals surface area contributed by atoms with E-state index in [1.54, 1.807) is 6.20 Å². The molecule has 6 heteroatoms. The van der Waals surface area contributed by atoms with E-state index in [9.17, 15) is 0 Å². The van der Waals surface area contributed by atoms with E-state index < -0.39 is 0 Å². The van der Waals surface area contributed by atoms with Gasteiger partial charge in [0.2, 0.25) is 5.95 Å². The molecular weight excluding hydrogens is 334 g/mol. The van der Waals surface area contributed by atoms with Gasteiger partial charge in [0.15, 0.2) is 0 Å². The summed E-state index contributed by atoms with van der Waals surface area (Å²) in [6.45, 7) is 6.13. The van der Waals surface area contributed by atoms with E-state index in [1.165, 1.54) is 0 Å². The van der Waals surface area contributed by atoms with Gasteiger partial charge in [-0.1, -0.05) is 49.7 Å². The molecule has 0 radical (unpaired) electrons. The van der Waals surface area contributed by atoms with Crippen LogP contribution in [0.2, 0.25) is 5.02 Å². The molecule has 0 aliphatic heterocycles. The summed E-state index contributed by atoms with van der Waals surface area (Å²) in [4.78, 5) is 12.7. The van der Waals surface area contributed by atoms with Crippen molar-refractivity contribution in [3.63, 3.8) is 0 Å². The molecule has 0 saturated heterocycles. The van der Waals surface area contributed by atoms with Gasteiger partial charge in [0.25, 0.3) is 0 Å². The third kappa shape index (κ3) is 3.28. The zero-order valence-corrected chi connectivity index (χ0v) is 15.2. The Hall–Kier alpha value is -2.66. The number of halogens is 1. The van der Waals surface area contributed by atoms with E-state index >= 15 is 0 Å². The summed E-state index contributed by atoms with van der Waals surface area (Å²) < 4.78 is 0. The second-order valence-electron chi connectivity index (χ2n) is 6.49. The molecule has 5 nitrogen and oxygen atoms in total. The van der Waals surface area contributed by atoms with Gasteiger partial charge >= 0.3 is 0 Å². The average Bonchev–Trinajstić information content (AvgIpc) is 2.55. The van der Waals surface area contributed by atoms with Gasteiger partial charge in [0.1, 0.15) is 5.82 Å². The topological polar surface area (TPSA) is 90.7 Å². The van der Waals surface area contributed by atoms with E-state index in [0.29, 0.717) is 10.8 Å². The zero-order chi connectivity index (χ0) is 18.2. The smallest absolute Gasteiger partial charge is 0.222 e. The normalized spacial score (nSPS) is 11.5. The number of nitrogen functional groups attached to an aromatic ring is 2. The van der Waals surface area contributed by atoms with Crippen LogP contribution in [0.5, 0.6) is 0 Å². The molecule has 1 aromatic carbocycles. The summed E-state index contributed by atoms with van der Waals surface area (Å²) in [5.74, 6) is 0.571. The van der Waals surface area contributed by atoms with Crippen molar-refractivity contribution in [2.24, 2.45) is 0 Å². The third-order valence-corrected chi connectivity index (χ3v) is 4.62. The maximum absolute atomic E-state index is 6.03. The highest BCUT2D eigenvalue weighted by molar-refractivity contribution is 6.30. The predicted octanol–water partition coefficient (Wildman–Crippen LogP) is 3.99. The number of rotatable bonds is 3. The fourth-order valence-corrected chi connectivity index (χ4v) is 3.03. The first-order valence-corrected chi connectivity index (χ1v) is 8.29. The summed E-state index contributed by atoms with van der Waals surface area (Å²) in [7, 11) is 0. The van der Waals surface area contributed by atoms with E-state index in [4.69, 9.17) is 23.1 Å². The second-order valence-corrected chi connectivity index (χ2v) is 6.93. The first kappa shape index (κ1) is 17.2. The molecule has 0 aliphatic rings. The van der Waals surface area contributed by atoms with Crippen molar-refractivity contribution >= 4 is 23.4 Å². The van der Waals surface area contributed by atoms with Gasteiger partial charge < -0.3 is 11.5 Å².